The van der Waals surface area contributed by atoms with Gasteiger partial charge in [-0.15, -0.1) is 0 Å². The Balaban J connectivity index is 1.39. The first-order chi connectivity index (χ1) is 29.8. The molecule has 1 N–H and O–H groups in total. The van der Waals surface area contributed by atoms with Gasteiger partial charge in [0.15, 0.2) is 5.58 Å². The smallest absolute Gasteiger partial charge is 0.225 e. The molecule has 0 aliphatic carbocycles. The van der Waals surface area contributed by atoms with Crippen molar-refractivity contribution in [3.8, 4) is 39.5 Å². The molecule has 0 saturated heterocycles. The van der Waals surface area contributed by atoms with E-state index in [4.69, 9.17) is 22.6 Å². The average molecular weight is 769 g/mol. The van der Waals surface area contributed by atoms with Gasteiger partial charge in [-0.2, -0.15) is 0 Å². The Labute approximate surface area is 347 Å². The van der Waals surface area contributed by atoms with Crippen LogP contribution >= 0.6 is 0 Å². The summed E-state index contributed by atoms with van der Waals surface area (Å²) in [4.78, 5) is 10.4. The summed E-state index contributed by atoms with van der Waals surface area (Å²) in [6.07, 6.45) is 1.76. The molecule has 0 unspecified atom stereocenters. The molecule has 0 spiro atoms. The van der Waals surface area contributed by atoms with Crippen molar-refractivity contribution in [2.45, 2.75) is 92.3 Å². The summed E-state index contributed by atoms with van der Waals surface area (Å²) in [7, 11) is 0. The first-order valence-corrected chi connectivity index (χ1v) is 19.9. The Morgan fingerprint density at radius 1 is 0.655 bits per heavy atom. The van der Waals surface area contributed by atoms with E-state index in [1.807, 2.05) is 24.3 Å². The summed E-state index contributed by atoms with van der Waals surface area (Å²) >= 11 is 0. The van der Waals surface area contributed by atoms with E-state index in [-0.39, 0.29) is 38.7 Å². The SMILES string of the molecule is [2H]C([2H])([2H])c1cccc(C([2H])([2H])[2H])c1-c1cc(-c2cc(C(C)(C)C)ccc2O)nc2c1c1cccc3c4c(C(C)(C)C)cc(-c5ncc6oc7cc(C(C)(C)C)ccc7n56)cc4n2c31. The minimum atomic E-state index is -2.66. The second-order valence-corrected chi connectivity index (χ2v) is 19.0. The number of rotatable bonds is 3. The van der Waals surface area contributed by atoms with E-state index in [9.17, 15) is 5.11 Å². The summed E-state index contributed by atoms with van der Waals surface area (Å²) < 4.78 is 62.9. The molecule has 0 atom stereocenters. The second kappa shape index (κ2) is 12.0. The first-order valence-electron chi connectivity index (χ1n) is 22.9. The molecule has 0 fully saturated rings. The molecular weight excluding hydrogens is 713 g/mol. The van der Waals surface area contributed by atoms with Gasteiger partial charge in [-0.1, -0.05) is 111 Å². The number of aromatic hydroxyl groups is 1. The van der Waals surface area contributed by atoms with E-state index in [0.29, 0.717) is 39.4 Å². The van der Waals surface area contributed by atoms with Gasteiger partial charge in [0.1, 0.15) is 17.2 Å². The van der Waals surface area contributed by atoms with Gasteiger partial charge in [0.25, 0.3) is 0 Å². The minimum Gasteiger partial charge on any atom is -0.507 e. The number of aromatic nitrogens is 4. The van der Waals surface area contributed by atoms with E-state index in [1.54, 1.807) is 18.3 Å². The number of fused-ring (bicyclic) bond motifs is 9. The number of nitrogens with zero attached hydrogens (tertiary/aromatic N) is 4. The summed E-state index contributed by atoms with van der Waals surface area (Å²) in [6, 6.07) is 28.5. The molecule has 5 aromatic heterocycles. The number of aryl methyl sites for hydroxylation is 2. The highest BCUT2D eigenvalue weighted by atomic mass is 16.3. The molecule has 10 aromatic rings. The third kappa shape index (κ3) is 5.23. The molecule has 0 aliphatic heterocycles. The highest BCUT2D eigenvalue weighted by Crippen LogP contribution is 2.48. The fourth-order valence-corrected chi connectivity index (χ4v) is 8.88. The number of benzene rings is 5. The molecule has 0 aliphatic rings. The maximum absolute atomic E-state index is 11.6. The number of hydrogen-bond donors (Lipinski definition) is 1. The Bertz CT molecular complexity index is 3520. The number of para-hydroxylation sites is 1. The molecule has 5 aromatic carbocycles. The van der Waals surface area contributed by atoms with Crippen molar-refractivity contribution in [3.63, 3.8) is 0 Å². The number of phenolic OH excluding ortho intramolecular Hbond substituents is 1. The van der Waals surface area contributed by atoms with Gasteiger partial charge >= 0.3 is 0 Å². The zero-order chi connectivity index (χ0) is 45.8. The Morgan fingerprint density at radius 2 is 1.33 bits per heavy atom. The fraction of sp³-hybridized carbons (Fsp3) is 0.269. The summed E-state index contributed by atoms with van der Waals surface area (Å²) in [5.74, 6) is 0.702. The van der Waals surface area contributed by atoms with Crippen LogP contribution in [0.2, 0.25) is 0 Å². The molecular formula is C52H50N4O2. The lowest BCUT2D eigenvalue weighted by Gasteiger charge is -2.22. The predicted octanol–water partition coefficient (Wildman–Crippen LogP) is 13.8. The van der Waals surface area contributed by atoms with Crippen LogP contribution < -0.4 is 0 Å². The van der Waals surface area contributed by atoms with Crippen LogP contribution in [0, 0.1) is 13.7 Å². The van der Waals surface area contributed by atoms with Gasteiger partial charge in [-0.25, -0.2) is 9.97 Å². The standard InChI is InChI=1S/C52H50N4O2/c1-28-14-12-15-29(2)44(28)36-26-38(35-24-31(50(3,4)5)19-21-41(35)57)54-49-45(36)33-16-13-17-34-46-37(52(9,10)11)22-30(23-40(46)56(49)47(33)34)48-53-27-43-55(48)39-20-18-32(51(6,7)8)25-42(39)58-43/h12-27,57H,1-11H3/i1D3,2D3. The third-order valence-corrected chi connectivity index (χ3v) is 11.9. The van der Waals surface area contributed by atoms with E-state index < -0.39 is 13.7 Å². The van der Waals surface area contributed by atoms with Gasteiger partial charge in [0.05, 0.1) is 28.4 Å². The topological polar surface area (TPSA) is 68.0 Å². The monoisotopic (exact) mass is 768 g/mol. The van der Waals surface area contributed by atoms with Gasteiger partial charge in [0, 0.05) is 40.9 Å². The van der Waals surface area contributed by atoms with Crippen molar-refractivity contribution >= 4 is 55.0 Å². The number of oxazole rings is 1. The summed E-state index contributed by atoms with van der Waals surface area (Å²) in [6.45, 7) is 14.1. The van der Waals surface area contributed by atoms with Crippen molar-refractivity contribution in [1.29, 1.82) is 0 Å². The first kappa shape index (κ1) is 30.0. The van der Waals surface area contributed by atoms with E-state index in [0.717, 1.165) is 60.5 Å². The minimum absolute atomic E-state index is 0.00726. The van der Waals surface area contributed by atoms with Crippen molar-refractivity contribution in [2.24, 2.45) is 0 Å². The number of imidazole rings is 1. The van der Waals surface area contributed by atoms with Crippen LogP contribution in [0.3, 0.4) is 0 Å². The van der Waals surface area contributed by atoms with Gasteiger partial charge in [-0.05, 0) is 111 Å². The Hall–Kier alpha value is -6.14. The maximum Gasteiger partial charge on any atom is 0.225 e. The maximum atomic E-state index is 11.6. The Kier molecular flexibility index (Phi) is 6.18. The van der Waals surface area contributed by atoms with Gasteiger partial charge in [-0.3, -0.25) is 8.80 Å². The second-order valence-electron chi connectivity index (χ2n) is 19.0. The van der Waals surface area contributed by atoms with Crippen LogP contribution in [0.5, 0.6) is 5.75 Å². The van der Waals surface area contributed by atoms with E-state index in [2.05, 4.69) is 108 Å². The number of phenols is 1. The Morgan fingerprint density at radius 3 is 2.02 bits per heavy atom. The molecule has 290 valence electrons. The van der Waals surface area contributed by atoms with Crippen LogP contribution in [-0.2, 0) is 16.2 Å². The van der Waals surface area contributed by atoms with Gasteiger partial charge < -0.3 is 9.52 Å². The zero-order valence-electron chi connectivity index (χ0n) is 40.4. The molecule has 5 heterocycles. The van der Waals surface area contributed by atoms with Crippen LogP contribution in [-0.4, -0.2) is 23.9 Å². The van der Waals surface area contributed by atoms with Crippen LogP contribution in [0.1, 0.15) is 98.4 Å². The lowest BCUT2D eigenvalue weighted by molar-refractivity contribution is 0.476. The van der Waals surface area contributed by atoms with Crippen LogP contribution in [0.15, 0.2) is 102 Å². The largest absolute Gasteiger partial charge is 0.507 e. The van der Waals surface area contributed by atoms with Crippen molar-refractivity contribution in [3.05, 3.63) is 125 Å². The fourth-order valence-electron chi connectivity index (χ4n) is 8.88. The zero-order valence-corrected chi connectivity index (χ0v) is 34.4. The quantitative estimate of drug-likeness (QED) is 0.194. The van der Waals surface area contributed by atoms with E-state index >= 15 is 0 Å². The molecule has 6 nitrogen and oxygen atoms in total. The molecule has 0 bridgehead atoms. The molecule has 0 radical (unpaired) electrons. The predicted molar refractivity (Wildman–Crippen MR) is 241 cm³/mol. The summed E-state index contributed by atoms with van der Waals surface area (Å²) in [5.41, 5.74) is 9.07. The number of pyridine rings is 1. The third-order valence-electron chi connectivity index (χ3n) is 11.9. The lowest BCUT2D eigenvalue weighted by atomic mass is 9.83. The normalized spacial score (nSPS) is 15.1. The van der Waals surface area contributed by atoms with Crippen molar-refractivity contribution in [1.82, 2.24) is 18.8 Å². The van der Waals surface area contributed by atoms with Crippen LogP contribution in [0.25, 0.3) is 88.8 Å². The average Bonchev–Trinajstić information content (AvgIpc) is 3.95. The van der Waals surface area contributed by atoms with Crippen molar-refractivity contribution < 1.29 is 17.7 Å². The molecule has 6 heteroatoms. The van der Waals surface area contributed by atoms with Crippen molar-refractivity contribution in [2.75, 3.05) is 0 Å². The summed E-state index contributed by atoms with van der Waals surface area (Å²) in [5, 5.41) is 15.0. The number of hydrogen-bond acceptors (Lipinski definition) is 4. The van der Waals surface area contributed by atoms with Crippen LogP contribution in [0.4, 0.5) is 0 Å². The highest BCUT2D eigenvalue weighted by Gasteiger charge is 2.29. The molecule has 10 rings (SSSR count). The molecule has 0 amide bonds. The molecule has 0 saturated carbocycles. The lowest BCUT2D eigenvalue weighted by Crippen LogP contribution is -2.12. The van der Waals surface area contributed by atoms with E-state index in [1.165, 1.54) is 18.2 Å². The highest BCUT2D eigenvalue weighted by molar-refractivity contribution is 6.26. The van der Waals surface area contributed by atoms with Gasteiger partial charge in [0.2, 0.25) is 5.71 Å². The molecule has 58 heavy (non-hydrogen) atoms.